The van der Waals surface area contributed by atoms with Crippen molar-refractivity contribution in [2.45, 2.75) is 12.7 Å². The Morgan fingerprint density at radius 3 is 2.47 bits per heavy atom. The molecular formula is C20H15F4IrN3O2-2. The number of nitrogens with zero attached hydrogens (tertiary/aromatic N) is 3. The Bertz CT molecular complexity index is 923. The van der Waals surface area contributed by atoms with E-state index in [1.54, 1.807) is 43.6 Å². The number of benzene rings is 1. The number of ether oxygens (including phenoxy) is 1. The van der Waals surface area contributed by atoms with Crippen LogP contribution < -0.4 is 4.74 Å². The third-order valence-corrected chi connectivity index (χ3v) is 3.37. The number of aromatic nitrogens is 2. The number of carbonyl (C=O) groups excluding carboxylic acids is 1. The van der Waals surface area contributed by atoms with Crippen LogP contribution in [0.4, 0.5) is 17.6 Å². The van der Waals surface area contributed by atoms with Gasteiger partial charge < -0.3 is 19.8 Å². The maximum atomic E-state index is 12.7. The number of methoxy groups -OCH3 is 1. The van der Waals surface area contributed by atoms with Gasteiger partial charge in [-0.25, -0.2) is 0 Å². The molecule has 0 atom stereocenters. The predicted molar refractivity (Wildman–Crippen MR) is 97.4 cm³/mol. The van der Waals surface area contributed by atoms with Gasteiger partial charge in [-0.3, -0.25) is 9.37 Å². The average Bonchev–Trinajstić information content (AvgIpc) is 2.73. The summed E-state index contributed by atoms with van der Waals surface area (Å²) in [5, 5.41) is 2.84. The fourth-order valence-electron chi connectivity index (χ4n) is 1.98. The van der Waals surface area contributed by atoms with Gasteiger partial charge in [0.1, 0.15) is 5.75 Å². The molecule has 1 aromatic carbocycles. The first-order valence-electron chi connectivity index (χ1n) is 8.16. The predicted octanol–water partition coefficient (Wildman–Crippen LogP) is 4.74. The Labute approximate surface area is 183 Å². The van der Waals surface area contributed by atoms with Crippen LogP contribution in [-0.4, -0.2) is 29.2 Å². The zero-order chi connectivity index (χ0) is 21.3. The van der Waals surface area contributed by atoms with Gasteiger partial charge in [-0.1, -0.05) is 12.6 Å². The van der Waals surface area contributed by atoms with Crippen molar-refractivity contribution in [3.8, 4) is 17.0 Å². The fraction of sp³-hybridized carbons (Fsp3) is 0.150. The number of rotatable bonds is 4. The van der Waals surface area contributed by atoms with Crippen molar-refractivity contribution in [3.05, 3.63) is 83.8 Å². The molecule has 0 fully saturated rings. The summed E-state index contributed by atoms with van der Waals surface area (Å²) < 4.78 is 52.8. The molecule has 10 heteroatoms. The minimum atomic E-state index is -4.89. The van der Waals surface area contributed by atoms with E-state index in [1.165, 1.54) is 24.4 Å². The monoisotopic (exact) mass is 598 g/mol. The second-order valence-corrected chi connectivity index (χ2v) is 5.44. The van der Waals surface area contributed by atoms with Gasteiger partial charge in [0.2, 0.25) is 0 Å². The standard InChI is InChI=1S/C12H9FNO.C8H7F3N2O.Ir/c1-15-11-6-7-14-12(8-11)9-2-4-10(13)5-3-9;9-8(10,11)7(14)13-5-6-3-1-2-4-12-6;/h2,4-8H,1H3;1-4H,5H2,(H,13,14);/q-1;;/p-1. The second-order valence-electron chi connectivity index (χ2n) is 5.44. The normalized spacial score (nSPS) is 10.2. The molecule has 3 aromatic rings. The summed E-state index contributed by atoms with van der Waals surface area (Å²) in [4.78, 5) is 18.2. The summed E-state index contributed by atoms with van der Waals surface area (Å²) in [6.07, 6.45) is -1.83. The maximum Gasteiger partial charge on any atom is 0.432 e. The summed E-state index contributed by atoms with van der Waals surface area (Å²) in [7, 11) is 1.59. The first-order chi connectivity index (χ1) is 13.8. The molecule has 5 nitrogen and oxygen atoms in total. The van der Waals surface area contributed by atoms with Crippen LogP contribution in [0.25, 0.3) is 16.6 Å². The van der Waals surface area contributed by atoms with E-state index in [-0.39, 0.29) is 32.5 Å². The zero-order valence-electron chi connectivity index (χ0n) is 15.5. The van der Waals surface area contributed by atoms with Gasteiger partial charge in [0.05, 0.1) is 7.11 Å². The van der Waals surface area contributed by atoms with Crippen LogP contribution >= 0.6 is 0 Å². The Morgan fingerprint density at radius 2 is 1.90 bits per heavy atom. The molecule has 1 radical (unpaired) electrons. The van der Waals surface area contributed by atoms with Gasteiger partial charge in [0.25, 0.3) is 0 Å². The van der Waals surface area contributed by atoms with E-state index < -0.39 is 12.1 Å². The molecule has 2 aromatic heterocycles. The topological polar surface area (TPSA) is 66.2 Å². The van der Waals surface area contributed by atoms with E-state index in [1.807, 2.05) is 0 Å². The first-order valence-corrected chi connectivity index (χ1v) is 8.16. The fourth-order valence-corrected chi connectivity index (χ4v) is 1.98. The molecule has 0 saturated heterocycles. The maximum absolute atomic E-state index is 12.7. The number of carbonyl (C=O) groups is 1. The molecule has 0 aliphatic heterocycles. The summed E-state index contributed by atoms with van der Waals surface area (Å²) in [6.45, 7) is -0.348. The minimum absolute atomic E-state index is 0. The van der Waals surface area contributed by atoms with Crippen molar-refractivity contribution in [2.24, 2.45) is 0 Å². The molecule has 0 aliphatic rings. The summed E-state index contributed by atoms with van der Waals surface area (Å²) in [5.41, 5.74) is 1.79. The largest absolute Gasteiger partial charge is 0.641 e. The Kier molecular flexibility index (Phi) is 10.1. The van der Waals surface area contributed by atoms with Crippen molar-refractivity contribution in [3.63, 3.8) is 0 Å². The van der Waals surface area contributed by atoms with Gasteiger partial charge >= 0.3 is 6.18 Å². The molecule has 2 heterocycles. The van der Waals surface area contributed by atoms with Crippen LogP contribution in [-0.2, 0) is 31.4 Å². The molecule has 0 saturated carbocycles. The first kappa shape index (κ1) is 25.2. The van der Waals surface area contributed by atoms with Gasteiger partial charge in [0.15, 0.2) is 5.91 Å². The van der Waals surface area contributed by atoms with E-state index in [4.69, 9.17) is 4.74 Å². The number of hydrogen-bond acceptors (Lipinski definition) is 4. The molecule has 0 N–H and O–H groups in total. The van der Waals surface area contributed by atoms with E-state index in [9.17, 15) is 22.4 Å². The van der Waals surface area contributed by atoms with Gasteiger partial charge in [-0.15, -0.1) is 29.8 Å². The van der Waals surface area contributed by atoms with E-state index in [2.05, 4.69) is 21.4 Å². The van der Waals surface area contributed by atoms with E-state index in [0.29, 0.717) is 11.4 Å². The zero-order valence-corrected chi connectivity index (χ0v) is 17.9. The summed E-state index contributed by atoms with van der Waals surface area (Å²) in [6, 6.07) is 15.4. The van der Waals surface area contributed by atoms with Gasteiger partial charge in [0, 0.05) is 44.0 Å². The molecular weight excluding hydrogens is 582 g/mol. The molecule has 161 valence electrons. The smallest absolute Gasteiger partial charge is 0.432 e. The van der Waals surface area contributed by atoms with Crippen molar-refractivity contribution in [1.29, 1.82) is 0 Å². The number of pyridine rings is 2. The number of halogens is 4. The summed E-state index contributed by atoms with van der Waals surface area (Å²) >= 11 is 0. The van der Waals surface area contributed by atoms with Crippen molar-refractivity contribution in [1.82, 2.24) is 9.97 Å². The third kappa shape index (κ3) is 8.26. The van der Waals surface area contributed by atoms with E-state index >= 15 is 0 Å². The average molecular weight is 598 g/mol. The second kappa shape index (κ2) is 12.0. The molecule has 3 rings (SSSR count). The Morgan fingerprint density at radius 1 is 1.13 bits per heavy atom. The number of amides is 1. The van der Waals surface area contributed by atoms with Crippen molar-refractivity contribution < 1.29 is 47.2 Å². The molecule has 0 unspecified atom stereocenters. The molecule has 0 bridgehead atoms. The van der Waals surface area contributed by atoms with Crippen LogP contribution in [0.1, 0.15) is 5.69 Å². The number of hydrogen-bond donors (Lipinski definition) is 0. The number of alkyl halides is 3. The molecule has 0 spiro atoms. The van der Waals surface area contributed by atoms with Crippen LogP contribution in [0.5, 0.6) is 5.75 Å². The van der Waals surface area contributed by atoms with Crippen molar-refractivity contribution >= 4 is 5.91 Å². The van der Waals surface area contributed by atoms with Crippen LogP contribution in [0, 0.1) is 11.9 Å². The Balaban J connectivity index is 0.000000291. The van der Waals surface area contributed by atoms with Crippen molar-refractivity contribution in [2.75, 3.05) is 7.11 Å². The van der Waals surface area contributed by atoms with Gasteiger partial charge in [-0.2, -0.15) is 13.2 Å². The Hall–Kier alpha value is -2.84. The third-order valence-electron chi connectivity index (χ3n) is 3.37. The minimum Gasteiger partial charge on any atom is -0.641 e. The summed E-state index contributed by atoms with van der Waals surface area (Å²) in [5.74, 6) is -1.66. The molecule has 1 amide bonds. The van der Waals surface area contributed by atoms with Crippen LogP contribution in [0.2, 0.25) is 0 Å². The SMILES string of the molecule is COc1ccnc(-c2[c-]cc(F)cc2)c1.O=C([N-]Cc1ccccn1)C(F)(F)F.[Ir]. The van der Waals surface area contributed by atoms with Crippen LogP contribution in [0.15, 0.2) is 60.9 Å². The van der Waals surface area contributed by atoms with E-state index in [0.717, 1.165) is 11.3 Å². The quantitative estimate of drug-likeness (QED) is 0.322. The molecule has 30 heavy (non-hydrogen) atoms. The molecule has 0 aliphatic carbocycles. The van der Waals surface area contributed by atoms with Crippen LogP contribution in [0.3, 0.4) is 0 Å². The van der Waals surface area contributed by atoms with Gasteiger partial charge in [-0.05, 0) is 30.0 Å².